The lowest BCUT2D eigenvalue weighted by atomic mass is 10.1. The van der Waals surface area contributed by atoms with Crippen molar-refractivity contribution in [3.63, 3.8) is 0 Å². The summed E-state index contributed by atoms with van der Waals surface area (Å²) in [4.78, 5) is 13.0. The summed E-state index contributed by atoms with van der Waals surface area (Å²) in [5.74, 6) is 1.39. The van der Waals surface area contributed by atoms with Crippen LogP contribution in [0.2, 0.25) is 0 Å². The van der Waals surface area contributed by atoms with Crippen molar-refractivity contribution in [2.45, 2.75) is 27.4 Å². The third-order valence-corrected chi connectivity index (χ3v) is 4.98. The van der Waals surface area contributed by atoms with Crippen molar-refractivity contribution < 1.29 is 9.53 Å². The van der Waals surface area contributed by atoms with Gasteiger partial charge in [-0.15, -0.1) is 11.3 Å². The number of carbonyl (C=O) groups excluding carboxylic acids is 1. The van der Waals surface area contributed by atoms with Crippen molar-refractivity contribution in [3.8, 4) is 5.75 Å². The molecule has 1 amide bonds. The van der Waals surface area contributed by atoms with Gasteiger partial charge in [-0.1, -0.05) is 6.07 Å². The largest absolute Gasteiger partial charge is 0.489 e. The Bertz CT molecular complexity index is 911. The Labute approximate surface area is 151 Å². The van der Waals surface area contributed by atoms with Crippen LogP contribution in [0.4, 0.5) is 5.82 Å². The number of amides is 1. The fraction of sp³-hybridized carbons (Fsp3) is 0.263. The first-order chi connectivity index (χ1) is 11.9. The van der Waals surface area contributed by atoms with E-state index in [9.17, 15) is 4.79 Å². The van der Waals surface area contributed by atoms with Gasteiger partial charge in [0.25, 0.3) is 5.91 Å². The van der Waals surface area contributed by atoms with E-state index < -0.39 is 0 Å². The van der Waals surface area contributed by atoms with Gasteiger partial charge < -0.3 is 10.1 Å². The summed E-state index contributed by atoms with van der Waals surface area (Å²) in [6.45, 7) is 6.47. The van der Waals surface area contributed by atoms with Gasteiger partial charge in [-0.05, 0) is 55.5 Å². The van der Waals surface area contributed by atoms with Crippen molar-refractivity contribution in [2.75, 3.05) is 5.32 Å². The molecule has 0 unspecified atom stereocenters. The van der Waals surface area contributed by atoms with Crippen LogP contribution in [-0.2, 0) is 13.7 Å². The molecular weight excluding hydrogens is 334 g/mol. The number of nitrogens with one attached hydrogen (secondary N) is 1. The molecule has 0 spiro atoms. The molecular formula is C19H21N3O2S. The zero-order valence-corrected chi connectivity index (χ0v) is 15.6. The van der Waals surface area contributed by atoms with E-state index in [0.717, 1.165) is 17.0 Å². The Kier molecular flexibility index (Phi) is 4.90. The number of rotatable bonds is 5. The lowest BCUT2D eigenvalue weighted by Crippen LogP contribution is -2.13. The standard InChI is InChI=1S/C19H21N3O2S/c1-12-5-6-16(7-13(12)2)24-10-15-9-17(25-11-15)19(23)20-18-8-14(3)21-22(18)4/h5-9,11H,10H2,1-4H3,(H,20,23). The van der Waals surface area contributed by atoms with Gasteiger partial charge in [0.2, 0.25) is 0 Å². The summed E-state index contributed by atoms with van der Waals surface area (Å²) < 4.78 is 7.48. The maximum atomic E-state index is 12.4. The molecule has 0 atom stereocenters. The predicted molar refractivity (Wildman–Crippen MR) is 100 cm³/mol. The molecule has 0 radical (unpaired) electrons. The molecule has 3 rings (SSSR count). The average Bonchev–Trinajstić information content (AvgIpc) is 3.15. The lowest BCUT2D eigenvalue weighted by Gasteiger charge is -2.07. The average molecular weight is 355 g/mol. The first-order valence-electron chi connectivity index (χ1n) is 8.02. The van der Waals surface area contributed by atoms with Crippen molar-refractivity contribution in [3.05, 3.63) is 63.0 Å². The number of carbonyl (C=O) groups is 1. The van der Waals surface area contributed by atoms with Crippen molar-refractivity contribution in [1.29, 1.82) is 0 Å². The van der Waals surface area contributed by atoms with Crippen LogP contribution in [0.15, 0.2) is 35.7 Å². The molecule has 0 bridgehead atoms. The molecule has 2 heterocycles. The van der Waals surface area contributed by atoms with E-state index in [1.165, 1.54) is 22.5 Å². The summed E-state index contributed by atoms with van der Waals surface area (Å²) in [5, 5.41) is 9.05. The zero-order valence-electron chi connectivity index (χ0n) is 14.8. The molecule has 0 aliphatic carbocycles. The van der Waals surface area contributed by atoms with Crippen molar-refractivity contribution in [1.82, 2.24) is 9.78 Å². The van der Waals surface area contributed by atoms with E-state index in [1.807, 2.05) is 42.6 Å². The van der Waals surface area contributed by atoms with E-state index in [4.69, 9.17) is 4.74 Å². The molecule has 6 heteroatoms. The van der Waals surface area contributed by atoms with Gasteiger partial charge in [0, 0.05) is 18.7 Å². The lowest BCUT2D eigenvalue weighted by molar-refractivity contribution is 0.102. The minimum atomic E-state index is -0.134. The minimum Gasteiger partial charge on any atom is -0.489 e. The van der Waals surface area contributed by atoms with Crippen LogP contribution in [0, 0.1) is 20.8 Å². The third kappa shape index (κ3) is 4.09. The Morgan fingerprint density at radius 1 is 1.20 bits per heavy atom. The van der Waals surface area contributed by atoms with E-state index in [2.05, 4.69) is 24.3 Å². The highest BCUT2D eigenvalue weighted by atomic mass is 32.1. The second kappa shape index (κ2) is 7.11. The van der Waals surface area contributed by atoms with E-state index in [1.54, 1.807) is 11.7 Å². The molecule has 5 nitrogen and oxygen atoms in total. The second-order valence-electron chi connectivity index (χ2n) is 6.10. The van der Waals surface area contributed by atoms with Crippen LogP contribution in [0.5, 0.6) is 5.75 Å². The van der Waals surface area contributed by atoms with Gasteiger partial charge in [-0.3, -0.25) is 9.48 Å². The molecule has 0 aliphatic rings. The normalized spacial score (nSPS) is 10.7. The van der Waals surface area contributed by atoms with Crippen LogP contribution in [0.25, 0.3) is 0 Å². The summed E-state index contributed by atoms with van der Waals surface area (Å²) in [5.41, 5.74) is 4.29. The van der Waals surface area contributed by atoms with Gasteiger partial charge in [0.05, 0.1) is 10.6 Å². The molecule has 130 valence electrons. The molecule has 0 fully saturated rings. The molecule has 2 aromatic heterocycles. The Balaban J connectivity index is 1.62. The maximum Gasteiger partial charge on any atom is 0.266 e. The van der Waals surface area contributed by atoms with Crippen LogP contribution in [0.3, 0.4) is 0 Å². The summed E-state index contributed by atoms with van der Waals surface area (Å²) in [7, 11) is 1.81. The summed E-state index contributed by atoms with van der Waals surface area (Å²) in [6.07, 6.45) is 0. The molecule has 0 aliphatic heterocycles. The molecule has 0 saturated heterocycles. The molecule has 0 saturated carbocycles. The monoisotopic (exact) mass is 355 g/mol. The number of nitrogens with zero attached hydrogens (tertiary/aromatic N) is 2. The van der Waals surface area contributed by atoms with Crippen LogP contribution in [-0.4, -0.2) is 15.7 Å². The topological polar surface area (TPSA) is 56.1 Å². The number of ether oxygens (including phenoxy) is 1. The number of hydrogen-bond donors (Lipinski definition) is 1. The quantitative estimate of drug-likeness (QED) is 0.745. The highest BCUT2D eigenvalue weighted by Gasteiger charge is 2.12. The third-order valence-electron chi connectivity index (χ3n) is 4.01. The van der Waals surface area contributed by atoms with Crippen LogP contribution < -0.4 is 10.1 Å². The Morgan fingerprint density at radius 3 is 2.68 bits per heavy atom. The number of anilines is 1. The van der Waals surface area contributed by atoms with Gasteiger partial charge in [-0.2, -0.15) is 5.10 Å². The maximum absolute atomic E-state index is 12.4. The highest BCUT2D eigenvalue weighted by molar-refractivity contribution is 7.12. The highest BCUT2D eigenvalue weighted by Crippen LogP contribution is 2.21. The van der Waals surface area contributed by atoms with Crippen LogP contribution >= 0.6 is 11.3 Å². The van der Waals surface area contributed by atoms with Crippen LogP contribution in [0.1, 0.15) is 32.1 Å². The van der Waals surface area contributed by atoms with E-state index in [-0.39, 0.29) is 5.91 Å². The number of benzene rings is 1. The van der Waals surface area contributed by atoms with Crippen molar-refractivity contribution >= 4 is 23.1 Å². The van der Waals surface area contributed by atoms with Gasteiger partial charge >= 0.3 is 0 Å². The predicted octanol–water partition coefficient (Wildman–Crippen LogP) is 4.24. The number of aromatic nitrogens is 2. The van der Waals surface area contributed by atoms with Gasteiger partial charge in [-0.25, -0.2) is 0 Å². The fourth-order valence-corrected chi connectivity index (χ4v) is 3.24. The Morgan fingerprint density at radius 2 is 2.00 bits per heavy atom. The Hall–Kier alpha value is -2.60. The number of thiophene rings is 1. The molecule has 1 aromatic carbocycles. The minimum absolute atomic E-state index is 0.134. The summed E-state index contributed by atoms with van der Waals surface area (Å²) >= 11 is 1.41. The number of hydrogen-bond acceptors (Lipinski definition) is 4. The fourth-order valence-electron chi connectivity index (χ4n) is 2.45. The second-order valence-corrected chi connectivity index (χ2v) is 7.01. The first kappa shape index (κ1) is 17.2. The van der Waals surface area contributed by atoms with E-state index in [0.29, 0.717) is 17.3 Å². The smallest absolute Gasteiger partial charge is 0.266 e. The number of aryl methyl sites for hydroxylation is 4. The van der Waals surface area contributed by atoms with E-state index >= 15 is 0 Å². The summed E-state index contributed by atoms with van der Waals surface area (Å²) in [6, 6.07) is 9.75. The SMILES string of the molecule is Cc1cc(NC(=O)c2cc(COc3ccc(C)c(C)c3)cs2)n(C)n1. The molecule has 1 N–H and O–H groups in total. The first-order valence-corrected chi connectivity index (χ1v) is 8.90. The molecule has 25 heavy (non-hydrogen) atoms. The van der Waals surface area contributed by atoms with Gasteiger partial charge in [0.15, 0.2) is 0 Å². The van der Waals surface area contributed by atoms with Gasteiger partial charge in [0.1, 0.15) is 18.2 Å². The molecule has 3 aromatic rings. The van der Waals surface area contributed by atoms with Crippen molar-refractivity contribution in [2.24, 2.45) is 7.05 Å². The zero-order chi connectivity index (χ0) is 18.0.